The summed E-state index contributed by atoms with van der Waals surface area (Å²) >= 11 is 2.41. The van der Waals surface area contributed by atoms with Crippen LogP contribution in [0.25, 0.3) is 0 Å². The molecule has 1 aromatic rings. The van der Waals surface area contributed by atoms with Crippen LogP contribution in [0.1, 0.15) is 43.7 Å². The average molecular weight is 356 g/mol. The highest BCUT2D eigenvalue weighted by Gasteiger charge is 2.40. The van der Waals surface area contributed by atoms with E-state index in [1.165, 1.54) is 41.2 Å². The van der Waals surface area contributed by atoms with Crippen LogP contribution in [0.4, 0.5) is 0 Å². The molecule has 0 saturated heterocycles. The smallest absolute Gasteiger partial charge is 0.0473 e. The van der Waals surface area contributed by atoms with E-state index in [1.54, 1.807) is 0 Å². The zero-order chi connectivity index (χ0) is 12.5. The number of benzene rings is 1. The second kappa shape index (κ2) is 5.47. The van der Waals surface area contributed by atoms with Gasteiger partial charge in [-0.3, -0.25) is 11.3 Å². The molecule has 98 valence electrons. The summed E-state index contributed by atoms with van der Waals surface area (Å²) in [6.45, 7) is 0. The largest absolute Gasteiger partial charge is 0.271 e. The number of nitrogens with one attached hydrogen (secondary N) is 1. The van der Waals surface area contributed by atoms with Crippen molar-refractivity contribution in [3.8, 4) is 0 Å². The molecule has 0 aliphatic heterocycles. The fourth-order valence-electron chi connectivity index (χ4n) is 4.01. The van der Waals surface area contributed by atoms with Gasteiger partial charge in [-0.15, -0.1) is 0 Å². The van der Waals surface area contributed by atoms with Crippen molar-refractivity contribution in [1.29, 1.82) is 0 Å². The van der Waals surface area contributed by atoms with Crippen molar-refractivity contribution in [2.24, 2.45) is 23.6 Å². The molecule has 0 heterocycles. The molecule has 3 N–H and O–H groups in total. The molecule has 3 rings (SSSR count). The summed E-state index contributed by atoms with van der Waals surface area (Å²) < 4.78 is 1.32. The van der Waals surface area contributed by atoms with Crippen LogP contribution in [0.5, 0.6) is 0 Å². The summed E-state index contributed by atoms with van der Waals surface area (Å²) in [5, 5.41) is 0. The molecule has 2 aliphatic carbocycles. The molecule has 0 aromatic heterocycles. The van der Waals surface area contributed by atoms with Gasteiger partial charge < -0.3 is 0 Å². The zero-order valence-corrected chi connectivity index (χ0v) is 12.8. The van der Waals surface area contributed by atoms with Crippen LogP contribution in [0.2, 0.25) is 0 Å². The second-order valence-electron chi connectivity index (χ2n) is 5.91. The highest BCUT2D eigenvalue weighted by molar-refractivity contribution is 14.1. The molecule has 2 fully saturated rings. The zero-order valence-electron chi connectivity index (χ0n) is 10.6. The lowest BCUT2D eigenvalue weighted by Crippen LogP contribution is -2.31. The Balaban J connectivity index is 1.72. The van der Waals surface area contributed by atoms with Crippen molar-refractivity contribution >= 4 is 22.6 Å². The van der Waals surface area contributed by atoms with Crippen molar-refractivity contribution in [3.63, 3.8) is 0 Å². The Morgan fingerprint density at radius 2 is 2.11 bits per heavy atom. The maximum Gasteiger partial charge on any atom is 0.0473 e. The SMILES string of the molecule is NNC(CC1CC2CCC1C2)c1ccccc1I. The summed E-state index contributed by atoms with van der Waals surface area (Å²) in [4.78, 5) is 0. The first-order valence-electron chi connectivity index (χ1n) is 6.98. The summed E-state index contributed by atoms with van der Waals surface area (Å²) in [6.07, 6.45) is 7.06. The van der Waals surface area contributed by atoms with Gasteiger partial charge in [0.1, 0.15) is 0 Å². The van der Waals surface area contributed by atoms with Crippen molar-refractivity contribution in [2.45, 2.75) is 38.1 Å². The molecule has 2 saturated carbocycles. The van der Waals surface area contributed by atoms with E-state index < -0.39 is 0 Å². The minimum absolute atomic E-state index is 0.322. The lowest BCUT2D eigenvalue weighted by Gasteiger charge is -2.27. The molecule has 0 radical (unpaired) electrons. The third-order valence-electron chi connectivity index (χ3n) is 4.90. The summed E-state index contributed by atoms with van der Waals surface area (Å²) in [5.41, 5.74) is 4.40. The van der Waals surface area contributed by atoms with Crippen LogP contribution in [-0.4, -0.2) is 0 Å². The van der Waals surface area contributed by atoms with Gasteiger partial charge in [-0.1, -0.05) is 24.6 Å². The van der Waals surface area contributed by atoms with Gasteiger partial charge in [-0.25, -0.2) is 0 Å². The number of halogens is 1. The molecule has 2 nitrogen and oxygen atoms in total. The molecule has 3 heteroatoms. The number of fused-ring (bicyclic) bond motifs is 2. The first-order chi connectivity index (χ1) is 8.78. The third kappa shape index (κ3) is 2.45. The first kappa shape index (κ1) is 12.9. The van der Waals surface area contributed by atoms with Crippen LogP contribution in [0.3, 0.4) is 0 Å². The highest BCUT2D eigenvalue weighted by Crippen LogP contribution is 2.51. The van der Waals surface area contributed by atoms with Crippen molar-refractivity contribution in [2.75, 3.05) is 0 Å². The van der Waals surface area contributed by atoms with E-state index in [9.17, 15) is 0 Å². The molecule has 1 aromatic carbocycles. The fraction of sp³-hybridized carbons (Fsp3) is 0.600. The Kier molecular flexibility index (Phi) is 3.91. The van der Waals surface area contributed by atoms with Gasteiger partial charge in [0.15, 0.2) is 0 Å². The van der Waals surface area contributed by atoms with Crippen molar-refractivity contribution < 1.29 is 0 Å². The van der Waals surface area contributed by atoms with Gasteiger partial charge in [0.2, 0.25) is 0 Å². The van der Waals surface area contributed by atoms with Crippen molar-refractivity contribution in [1.82, 2.24) is 5.43 Å². The summed E-state index contributed by atoms with van der Waals surface area (Å²) in [6, 6.07) is 8.90. The van der Waals surface area contributed by atoms with E-state index >= 15 is 0 Å². The maximum absolute atomic E-state index is 5.80. The normalized spacial score (nSPS) is 31.8. The van der Waals surface area contributed by atoms with E-state index in [-0.39, 0.29) is 0 Å². The molecule has 0 amide bonds. The standard InChI is InChI=1S/C15H21IN2/c16-14-4-2-1-3-13(14)15(18-17)9-12-8-10-5-6-11(12)7-10/h1-4,10-12,15,18H,5-9,17H2. The van der Waals surface area contributed by atoms with E-state index in [1.807, 2.05) is 0 Å². The number of hydrogen-bond acceptors (Lipinski definition) is 2. The molecule has 2 aliphatic rings. The van der Waals surface area contributed by atoms with Crippen molar-refractivity contribution in [3.05, 3.63) is 33.4 Å². The lowest BCUT2D eigenvalue weighted by molar-refractivity contribution is 0.280. The number of hydrogen-bond donors (Lipinski definition) is 2. The molecule has 4 atom stereocenters. The Morgan fingerprint density at radius 3 is 2.72 bits per heavy atom. The van der Waals surface area contributed by atoms with Crippen LogP contribution in [-0.2, 0) is 0 Å². The molecular formula is C15H21IN2. The first-order valence-corrected chi connectivity index (χ1v) is 8.06. The van der Waals surface area contributed by atoms with Gasteiger partial charge in [-0.05, 0) is 77.7 Å². The van der Waals surface area contributed by atoms with Gasteiger partial charge in [0.25, 0.3) is 0 Å². The van der Waals surface area contributed by atoms with Crippen LogP contribution in [0, 0.1) is 21.3 Å². The monoisotopic (exact) mass is 356 g/mol. The Labute approximate surface area is 123 Å². The van der Waals surface area contributed by atoms with E-state index in [0.717, 1.165) is 17.8 Å². The number of rotatable bonds is 4. The maximum atomic E-state index is 5.80. The Hall–Kier alpha value is -0.130. The van der Waals surface area contributed by atoms with Gasteiger partial charge in [0, 0.05) is 9.61 Å². The average Bonchev–Trinajstić information content (AvgIpc) is 2.99. The minimum atomic E-state index is 0.322. The van der Waals surface area contributed by atoms with Crippen LogP contribution >= 0.6 is 22.6 Å². The predicted octanol–water partition coefficient (Wildman–Crippen LogP) is 3.62. The summed E-state index contributed by atoms with van der Waals surface area (Å²) in [7, 11) is 0. The van der Waals surface area contributed by atoms with Gasteiger partial charge in [0.05, 0.1) is 0 Å². The molecular weight excluding hydrogens is 335 g/mol. The fourth-order valence-corrected chi connectivity index (χ4v) is 4.77. The lowest BCUT2D eigenvalue weighted by atomic mass is 9.83. The topological polar surface area (TPSA) is 38.0 Å². The Bertz CT molecular complexity index is 421. The predicted molar refractivity (Wildman–Crippen MR) is 82.8 cm³/mol. The molecule has 18 heavy (non-hydrogen) atoms. The number of nitrogens with two attached hydrogens (primary N) is 1. The van der Waals surface area contributed by atoms with E-state index in [2.05, 4.69) is 52.3 Å². The Morgan fingerprint density at radius 1 is 1.28 bits per heavy atom. The van der Waals surface area contributed by atoms with E-state index in [0.29, 0.717) is 6.04 Å². The minimum Gasteiger partial charge on any atom is -0.271 e. The molecule has 2 bridgehead atoms. The number of hydrazine groups is 1. The third-order valence-corrected chi connectivity index (χ3v) is 5.89. The van der Waals surface area contributed by atoms with Crippen LogP contribution < -0.4 is 11.3 Å². The highest BCUT2D eigenvalue weighted by atomic mass is 127. The van der Waals surface area contributed by atoms with E-state index in [4.69, 9.17) is 5.84 Å². The van der Waals surface area contributed by atoms with Crippen LogP contribution in [0.15, 0.2) is 24.3 Å². The van der Waals surface area contributed by atoms with Gasteiger partial charge in [-0.2, -0.15) is 0 Å². The molecule has 0 spiro atoms. The second-order valence-corrected chi connectivity index (χ2v) is 7.07. The van der Waals surface area contributed by atoms with Gasteiger partial charge >= 0.3 is 0 Å². The summed E-state index contributed by atoms with van der Waals surface area (Å²) in [5.74, 6) is 8.69. The molecule has 4 unspecified atom stereocenters. The quantitative estimate of drug-likeness (QED) is 0.491.